The van der Waals surface area contributed by atoms with Gasteiger partial charge in [-0.25, -0.2) is 0 Å². The number of ether oxygens (including phenoxy) is 1. The van der Waals surface area contributed by atoms with Gasteiger partial charge < -0.3 is 14.6 Å². The lowest BCUT2D eigenvalue weighted by Gasteiger charge is -2.34. The number of rotatable bonds is 6. The van der Waals surface area contributed by atoms with Crippen LogP contribution in [0.25, 0.3) is 6.08 Å². The average Bonchev–Trinajstić information content (AvgIpc) is 2.68. The van der Waals surface area contributed by atoms with E-state index in [4.69, 9.17) is 4.74 Å². The number of carbonyl (C=O) groups excluding carboxylic acids is 1. The first-order valence-electron chi connectivity index (χ1n) is 9.15. The van der Waals surface area contributed by atoms with E-state index < -0.39 is 0 Å². The fourth-order valence-electron chi connectivity index (χ4n) is 2.99. The molecule has 27 heavy (non-hydrogen) atoms. The molecule has 6 heteroatoms. The lowest BCUT2D eigenvalue weighted by molar-refractivity contribution is -0.135. The van der Waals surface area contributed by atoms with Crippen molar-refractivity contribution in [1.82, 2.24) is 14.8 Å². The molecule has 1 amide bonds. The largest absolute Gasteiger partial charge is 0.478 e. The van der Waals surface area contributed by atoms with Gasteiger partial charge in [-0.3, -0.25) is 14.5 Å². The second-order valence-electron chi connectivity index (χ2n) is 6.63. The number of nitrogens with zero attached hydrogens (tertiary/aromatic N) is 2. The molecule has 1 saturated heterocycles. The fourth-order valence-corrected chi connectivity index (χ4v) is 2.99. The van der Waals surface area contributed by atoms with Crippen LogP contribution >= 0.6 is 0 Å². The molecule has 0 saturated carbocycles. The van der Waals surface area contributed by atoms with Gasteiger partial charge in [0.05, 0.1) is 0 Å². The number of aryl methyl sites for hydroxylation is 1. The Balaban J connectivity index is 1.41. The zero-order valence-electron chi connectivity index (χ0n) is 15.6. The maximum atomic E-state index is 12.3. The van der Waals surface area contributed by atoms with Gasteiger partial charge in [-0.15, -0.1) is 0 Å². The molecule has 0 atom stereocenters. The van der Waals surface area contributed by atoms with Crippen LogP contribution in [0.5, 0.6) is 5.75 Å². The molecule has 1 aliphatic rings. The molecular formula is C21H25N3O3. The second-order valence-corrected chi connectivity index (χ2v) is 6.63. The van der Waals surface area contributed by atoms with Crippen molar-refractivity contribution in [1.29, 1.82) is 0 Å². The predicted molar refractivity (Wildman–Crippen MR) is 106 cm³/mol. The molecule has 2 heterocycles. The van der Waals surface area contributed by atoms with Crippen molar-refractivity contribution < 1.29 is 9.53 Å². The van der Waals surface area contributed by atoms with Crippen molar-refractivity contribution in [2.75, 3.05) is 39.3 Å². The molecule has 0 bridgehead atoms. The summed E-state index contributed by atoms with van der Waals surface area (Å²) in [5.41, 5.74) is 1.74. The maximum absolute atomic E-state index is 12.3. The topological polar surface area (TPSA) is 65.6 Å². The predicted octanol–water partition coefficient (Wildman–Crippen LogP) is 1.92. The number of piperazine rings is 1. The van der Waals surface area contributed by atoms with Gasteiger partial charge in [0, 0.05) is 50.7 Å². The Morgan fingerprint density at radius 1 is 1.19 bits per heavy atom. The Bertz CT molecular complexity index is 837. The van der Waals surface area contributed by atoms with Gasteiger partial charge in [0.2, 0.25) is 5.43 Å². The Morgan fingerprint density at radius 3 is 2.63 bits per heavy atom. The van der Waals surface area contributed by atoms with Gasteiger partial charge in [0.15, 0.2) is 12.4 Å². The van der Waals surface area contributed by atoms with E-state index in [1.807, 2.05) is 18.2 Å². The van der Waals surface area contributed by atoms with E-state index in [-0.39, 0.29) is 23.7 Å². The molecule has 0 aliphatic carbocycles. The number of nitrogens with one attached hydrogen (secondary N) is 1. The number of carbonyl (C=O) groups is 1. The summed E-state index contributed by atoms with van der Waals surface area (Å²) in [4.78, 5) is 31.1. The third-order valence-corrected chi connectivity index (χ3v) is 4.57. The standard InChI is InChI=1S/C21H25N3O3/c1-17-14-19(25)20(15-22-17)27-16-21(26)24-12-10-23(11-13-24)9-5-8-18-6-3-2-4-7-18/h2-8,14-15H,9-13,16H2,1H3,(H,22,25)/b8-5+. The number of H-pyrrole nitrogens is 1. The molecule has 1 fully saturated rings. The number of benzene rings is 1. The minimum atomic E-state index is -0.214. The SMILES string of the molecule is Cc1cc(=O)c(OCC(=O)N2CCN(C/C=C/c3ccccc3)CC2)c[nH]1. The molecular weight excluding hydrogens is 342 g/mol. The van der Waals surface area contributed by atoms with Gasteiger partial charge in [-0.1, -0.05) is 42.5 Å². The first-order chi connectivity index (χ1) is 13.1. The smallest absolute Gasteiger partial charge is 0.260 e. The highest BCUT2D eigenvalue weighted by Gasteiger charge is 2.21. The summed E-state index contributed by atoms with van der Waals surface area (Å²) in [6, 6.07) is 11.7. The molecule has 2 aromatic rings. The number of pyridine rings is 1. The van der Waals surface area contributed by atoms with Crippen molar-refractivity contribution in [3.8, 4) is 5.75 Å². The first-order valence-corrected chi connectivity index (χ1v) is 9.15. The number of amides is 1. The molecule has 1 aromatic carbocycles. The molecule has 1 aliphatic heterocycles. The van der Waals surface area contributed by atoms with E-state index in [1.165, 1.54) is 17.8 Å². The van der Waals surface area contributed by atoms with Gasteiger partial charge >= 0.3 is 0 Å². The van der Waals surface area contributed by atoms with Crippen molar-refractivity contribution in [2.24, 2.45) is 0 Å². The summed E-state index contributed by atoms with van der Waals surface area (Å²) >= 11 is 0. The lowest BCUT2D eigenvalue weighted by atomic mass is 10.2. The summed E-state index contributed by atoms with van der Waals surface area (Å²) < 4.78 is 5.39. The van der Waals surface area contributed by atoms with E-state index in [2.05, 4.69) is 34.2 Å². The Kier molecular flexibility index (Phi) is 6.44. The van der Waals surface area contributed by atoms with Crippen LogP contribution in [0.2, 0.25) is 0 Å². The average molecular weight is 367 g/mol. The normalized spacial score (nSPS) is 15.2. The van der Waals surface area contributed by atoms with Crippen molar-refractivity contribution in [2.45, 2.75) is 6.92 Å². The molecule has 0 spiro atoms. The number of aromatic nitrogens is 1. The highest BCUT2D eigenvalue weighted by molar-refractivity contribution is 5.77. The molecule has 0 radical (unpaired) electrons. The monoisotopic (exact) mass is 367 g/mol. The highest BCUT2D eigenvalue weighted by atomic mass is 16.5. The Hall–Kier alpha value is -2.86. The summed E-state index contributed by atoms with van der Waals surface area (Å²) in [5.74, 6) is 0.0908. The van der Waals surface area contributed by atoms with Crippen LogP contribution in [0.15, 0.2) is 53.5 Å². The minimum absolute atomic E-state index is 0.0885. The van der Waals surface area contributed by atoms with Crippen LogP contribution in [0, 0.1) is 6.92 Å². The van der Waals surface area contributed by atoms with Crippen molar-refractivity contribution in [3.63, 3.8) is 0 Å². The minimum Gasteiger partial charge on any atom is -0.478 e. The Labute approximate surface area is 159 Å². The Morgan fingerprint density at radius 2 is 1.93 bits per heavy atom. The van der Waals surface area contributed by atoms with Gasteiger partial charge in [-0.2, -0.15) is 0 Å². The van der Waals surface area contributed by atoms with E-state index in [1.54, 1.807) is 11.8 Å². The summed E-state index contributed by atoms with van der Waals surface area (Å²) in [6.07, 6.45) is 5.77. The van der Waals surface area contributed by atoms with Crippen LogP contribution in [0.1, 0.15) is 11.3 Å². The maximum Gasteiger partial charge on any atom is 0.260 e. The van der Waals surface area contributed by atoms with Crippen LogP contribution in [0.4, 0.5) is 0 Å². The molecule has 0 unspecified atom stereocenters. The van der Waals surface area contributed by atoms with Crippen LogP contribution in [0.3, 0.4) is 0 Å². The first kappa shape index (κ1) is 18.9. The summed E-state index contributed by atoms with van der Waals surface area (Å²) in [6.45, 7) is 5.56. The lowest BCUT2D eigenvalue weighted by Crippen LogP contribution is -2.49. The van der Waals surface area contributed by atoms with E-state index in [0.29, 0.717) is 13.1 Å². The van der Waals surface area contributed by atoms with Crippen LogP contribution < -0.4 is 10.2 Å². The van der Waals surface area contributed by atoms with Gasteiger partial charge in [0.1, 0.15) is 0 Å². The third-order valence-electron chi connectivity index (χ3n) is 4.57. The van der Waals surface area contributed by atoms with E-state index >= 15 is 0 Å². The number of aromatic amines is 1. The summed E-state index contributed by atoms with van der Waals surface area (Å²) in [7, 11) is 0. The van der Waals surface area contributed by atoms with Gasteiger partial charge in [0.25, 0.3) is 5.91 Å². The quantitative estimate of drug-likeness (QED) is 0.847. The molecule has 142 valence electrons. The molecule has 1 aromatic heterocycles. The van der Waals surface area contributed by atoms with Crippen molar-refractivity contribution in [3.05, 3.63) is 70.2 Å². The highest BCUT2D eigenvalue weighted by Crippen LogP contribution is 2.06. The zero-order chi connectivity index (χ0) is 19.1. The van der Waals surface area contributed by atoms with E-state index in [0.717, 1.165) is 25.3 Å². The van der Waals surface area contributed by atoms with E-state index in [9.17, 15) is 9.59 Å². The number of hydrogen-bond acceptors (Lipinski definition) is 4. The van der Waals surface area contributed by atoms with Crippen LogP contribution in [-0.2, 0) is 4.79 Å². The molecule has 3 rings (SSSR count). The fraction of sp³-hybridized carbons (Fsp3) is 0.333. The van der Waals surface area contributed by atoms with Gasteiger partial charge in [-0.05, 0) is 12.5 Å². The third kappa shape index (κ3) is 5.56. The van der Waals surface area contributed by atoms with Crippen LogP contribution in [-0.4, -0.2) is 60.0 Å². The molecule has 6 nitrogen and oxygen atoms in total. The second kappa shape index (κ2) is 9.19. The number of hydrogen-bond donors (Lipinski definition) is 1. The molecule has 1 N–H and O–H groups in total. The summed E-state index contributed by atoms with van der Waals surface area (Å²) in [5, 5.41) is 0. The zero-order valence-corrected chi connectivity index (χ0v) is 15.6. The van der Waals surface area contributed by atoms with Crippen molar-refractivity contribution >= 4 is 12.0 Å².